The largest absolute Gasteiger partial charge is 0.486 e. The van der Waals surface area contributed by atoms with Crippen molar-refractivity contribution in [3.8, 4) is 11.5 Å². The molecule has 138 valence electrons. The molecule has 0 spiro atoms. The predicted molar refractivity (Wildman–Crippen MR) is 94.4 cm³/mol. The number of hydrogen-bond acceptors (Lipinski definition) is 5. The van der Waals surface area contributed by atoms with Crippen LogP contribution in [0.1, 0.15) is 22.5 Å². The van der Waals surface area contributed by atoms with E-state index in [1.165, 1.54) is 0 Å². The Morgan fingerprint density at radius 1 is 1.31 bits per heavy atom. The number of hydrogen-bond donors (Lipinski definition) is 1. The number of carbonyl (C=O) groups excluding carboxylic acids is 1. The molecule has 1 aromatic heterocycles. The van der Waals surface area contributed by atoms with Crippen LogP contribution in [-0.2, 0) is 37.8 Å². The first-order valence-electron chi connectivity index (χ1n) is 8.57. The number of aromatic nitrogens is 2. The van der Waals surface area contributed by atoms with Gasteiger partial charge in [-0.3, -0.25) is 9.48 Å². The summed E-state index contributed by atoms with van der Waals surface area (Å²) in [6.45, 7) is 1.94. The van der Waals surface area contributed by atoms with Crippen molar-refractivity contribution >= 4 is 17.5 Å². The van der Waals surface area contributed by atoms with Gasteiger partial charge >= 0.3 is 0 Å². The SMILES string of the molecule is Cn1nc(CO)c2c1CCN(C(=O)Cc1cc3c(cc1Cl)OCCO3)C2. The number of aliphatic hydroxyl groups excluding tert-OH is 1. The van der Waals surface area contributed by atoms with E-state index in [1.807, 2.05) is 7.05 Å². The molecule has 26 heavy (non-hydrogen) atoms. The van der Waals surface area contributed by atoms with Gasteiger partial charge in [0.1, 0.15) is 13.2 Å². The Morgan fingerprint density at radius 3 is 2.77 bits per heavy atom. The molecule has 1 N–H and O–H groups in total. The number of fused-ring (bicyclic) bond motifs is 2. The van der Waals surface area contributed by atoms with Gasteiger partial charge in [-0.15, -0.1) is 0 Å². The number of nitrogens with zero attached hydrogens (tertiary/aromatic N) is 3. The Hall–Kier alpha value is -2.25. The van der Waals surface area contributed by atoms with Gasteiger partial charge in [0.15, 0.2) is 11.5 Å². The summed E-state index contributed by atoms with van der Waals surface area (Å²) in [4.78, 5) is 14.6. The first-order valence-corrected chi connectivity index (χ1v) is 8.95. The average Bonchev–Trinajstić information content (AvgIpc) is 2.97. The minimum atomic E-state index is -0.126. The summed E-state index contributed by atoms with van der Waals surface area (Å²) in [5.74, 6) is 1.23. The lowest BCUT2D eigenvalue weighted by molar-refractivity contribution is -0.131. The van der Waals surface area contributed by atoms with E-state index in [0.29, 0.717) is 48.5 Å². The average molecular weight is 378 g/mol. The number of benzene rings is 1. The number of halogens is 1. The lowest BCUT2D eigenvalue weighted by Gasteiger charge is -2.28. The fourth-order valence-corrected chi connectivity index (χ4v) is 3.75. The quantitative estimate of drug-likeness (QED) is 0.876. The fraction of sp³-hybridized carbons (Fsp3) is 0.444. The molecular weight excluding hydrogens is 358 g/mol. The van der Waals surface area contributed by atoms with E-state index in [2.05, 4.69) is 5.10 Å². The maximum Gasteiger partial charge on any atom is 0.227 e. The van der Waals surface area contributed by atoms with E-state index in [-0.39, 0.29) is 18.9 Å². The van der Waals surface area contributed by atoms with Crippen molar-refractivity contribution in [2.24, 2.45) is 7.05 Å². The van der Waals surface area contributed by atoms with Crippen molar-refractivity contribution < 1.29 is 19.4 Å². The van der Waals surface area contributed by atoms with Crippen LogP contribution in [-0.4, -0.2) is 45.5 Å². The molecule has 3 heterocycles. The molecule has 0 fully saturated rings. The highest BCUT2D eigenvalue weighted by atomic mass is 35.5. The summed E-state index contributed by atoms with van der Waals surface area (Å²) in [6.07, 6.45) is 0.916. The van der Waals surface area contributed by atoms with Crippen LogP contribution in [0.5, 0.6) is 11.5 Å². The first-order chi connectivity index (χ1) is 12.6. The molecule has 0 radical (unpaired) electrons. The summed E-state index contributed by atoms with van der Waals surface area (Å²) < 4.78 is 12.9. The molecule has 0 atom stereocenters. The van der Waals surface area contributed by atoms with Gasteiger partial charge in [0, 0.05) is 48.9 Å². The molecular formula is C18H20ClN3O4. The van der Waals surface area contributed by atoms with E-state index < -0.39 is 0 Å². The van der Waals surface area contributed by atoms with Crippen LogP contribution < -0.4 is 9.47 Å². The zero-order chi connectivity index (χ0) is 18.3. The number of carbonyl (C=O) groups is 1. The smallest absolute Gasteiger partial charge is 0.227 e. The van der Waals surface area contributed by atoms with Crippen LogP contribution in [0.25, 0.3) is 0 Å². The Kier molecular flexibility index (Phi) is 4.50. The third-order valence-electron chi connectivity index (χ3n) is 4.88. The molecule has 0 aliphatic carbocycles. The second kappa shape index (κ2) is 6.81. The summed E-state index contributed by atoms with van der Waals surface area (Å²) in [5.41, 5.74) is 3.39. The Morgan fingerprint density at radius 2 is 2.04 bits per heavy atom. The van der Waals surface area contributed by atoms with Crippen molar-refractivity contribution in [2.45, 2.75) is 26.0 Å². The van der Waals surface area contributed by atoms with Crippen LogP contribution in [0, 0.1) is 0 Å². The van der Waals surface area contributed by atoms with E-state index in [4.69, 9.17) is 21.1 Å². The highest BCUT2D eigenvalue weighted by molar-refractivity contribution is 6.31. The number of aliphatic hydroxyl groups is 1. The minimum Gasteiger partial charge on any atom is -0.486 e. The van der Waals surface area contributed by atoms with Crippen molar-refractivity contribution in [3.63, 3.8) is 0 Å². The molecule has 0 saturated carbocycles. The Labute approximate surface area is 156 Å². The van der Waals surface area contributed by atoms with Crippen molar-refractivity contribution in [1.82, 2.24) is 14.7 Å². The second-order valence-electron chi connectivity index (χ2n) is 6.48. The highest BCUT2D eigenvalue weighted by Gasteiger charge is 2.27. The van der Waals surface area contributed by atoms with Gasteiger partial charge in [0.05, 0.1) is 18.7 Å². The molecule has 0 saturated heterocycles. The number of amides is 1. The summed E-state index contributed by atoms with van der Waals surface area (Å²) in [7, 11) is 1.87. The van der Waals surface area contributed by atoms with Crippen LogP contribution >= 0.6 is 11.6 Å². The molecule has 2 aliphatic heterocycles. The van der Waals surface area contributed by atoms with E-state index in [1.54, 1.807) is 21.7 Å². The summed E-state index contributed by atoms with van der Waals surface area (Å²) in [5, 5.41) is 14.3. The van der Waals surface area contributed by atoms with Gasteiger partial charge in [-0.05, 0) is 11.6 Å². The third-order valence-corrected chi connectivity index (χ3v) is 5.23. The van der Waals surface area contributed by atoms with Gasteiger partial charge in [-0.1, -0.05) is 11.6 Å². The van der Waals surface area contributed by atoms with Crippen LogP contribution in [0.3, 0.4) is 0 Å². The van der Waals surface area contributed by atoms with E-state index in [9.17, 15) is 9.90 Å². The fourth-order valence-electron chi connectivity index (χ4n) is 3.53. The molecule has 4 rings (SSSR count). The zero-order valence-electron chi connectivity index (χ0n) is 14.5. The summed E-state index contributed by atoms with van der Waals surface area (Å²) >= 11 is 6.32. The number of rotatable bonds is 3. The molecule has 1 aromatic carbocycles. The van der Waals surface area contributed by atoms with Gasteiger partial charge in [-0.2, -0.15) is 5.10 Å². The molecule has 0 bridgehead atoms. The molecule has 1 amide bonds. The van der Waals surface area contributed by atoms with E-state index in [0.717, 1.165) is 23.2 Å². The third kappa shape index (κ3) is 3.01. The van der Waals surface area contributed by atoms with Crippen molar-refractivity contribution in [1.29, 1.82) is 0 Å². The predicted octanol–water partition coefficient (Wildman–Crippen LogP) is 1.46. The normalized spacial score (nSPS) is 15.7. The van der Waals surface area contributed by atoms with Gasteiger partial charge in [0.2, 0.25) is 5.91 Å². The molecule has 8 heteroatoms. The lowest BCUT2D eigenvalue weighted by Crippen LogP contribution is -2.37. The molecule has 0 unspecified atom stereocenters. The number of aryl methyl sites for hydroxylation is 1. The molecule has 2 aromatic rings. The van der Waals surface area contributed by atoms with Crippen LogP contribution in [0.4, 0.5) is 0 Å². The van der Waals surface area contributed by atoms with E-state index >= 15 is 0 Å². The minimum absolute atomic E-state index is 0.0121. The lowest BCUT2D eigenvalue weighted by atomic mass is 10.0. The van der Waals surface area contributed by atoms with Gasteiger partial charge in [0.25, 0.3) is 0 Å². The van der Waals surface area contributed by atoms with Crippen LogP contribution in [0.2, 0.25) is 5.02 Å². The standard InChI is InChI=1S/C18H20ClN3O4/c1-21-15-2-3-22(9-12(15)14(10-23)20-21)18(24)7-11-6-16-17(8-13(11)19)26-5-4-25-16/h6,8,23H,2-5,7,9-10H2,1H3. The second-order valence-corrected chi connectivity index (χ2v) is 6.89. The van der Waals surface area contributed by atoms with Gasteiger partial charge in [-0.25, -0.2) is 0 Å². The van der Waals surface area contributed by atoms with Crippen molar-refractivity contribution in [3.05, 3.63) is 39.7 Å². The zero-order valence-corrected chi connectivity index (χ0v) is 15.3. The van der Waals surface area contributed by atoms with Crippen molar-refractivity contribution in [2.75, 3.05) is 19.8 Å². The maximum atomic E-state index is 12.8. The maximum absolute atomic E-state index is 12.8. The topological polar surface area (TPSA) is 76.8 Å². The van der Waals surface area contributed by atoms with Crippen LogP contribution in [0.15, 0.2) is 12.1 Å². The Bertz CT molecular complexity index is 865. The summed E-state index contributed by atoms with van der Waals surface area (Å²) in [6, 6.07) is 3.49. The number of ether oxygens (including phenoxy) is 2. The monoisotopic (exact) mass is 377 g/mol. The molecule has 2 aliphatic rings. The Balaban J connectivity index is 1.52. The van der Waals surface area contributed by atoms with Gasteiger partial charge < -0.3 is 19.5 Å². The molecule has 7 nitrogen and oxygen atoms in total. The first kappa shape index (κ1) is 17.2. The highest BCUT2D eigenvalue weighted by Crippen LogP contribution is 2.36.